The van der Waals surface area contributed by atoms with Gasteiger partial charge in [0.05, 0.1) is 19.9 Å². The predicted molar refractivity (Wildman–Crippen MR) is 69.7 cm³/mol. The Labute approximate surface area is 106 Å². The average molecular weight is 245 g/mol. The average Bonchev–Trinajstić information content (AvgIpc) is 2.38. The Hall–Kier alpha value is -2.30. The van der Waals surface area contributed by atoms with Crippen LogP contribution in [-0.2, 0) is 0 Å². The summed E-state index contributed by atoms with van der Waals surface area (Å²) in [6.07, 6.45) is 1.43. The molecule has 0 aliphatic carbocycles. The van der Waals surface area contributed by atoms with Gasteiger partial charge in [-0.15, -0.1) is 0 Å². The summed E-state index contributed by atoms with van der Waals surface area (Å²) in [5.74, 6) is 1.93. The topological polar surface area (TPSA) is 70.3 Å². The van der Waals surface area contributed by atoms with Crippen LogP contribution < -0.4 is 15.2 Å². The number of aryl methyl sites for hydroxylation is 1. The maximum atomic E-state index is 5.66. The van der Waals surface area contributed by atoms with E-state index in [1.165, 1.54) is 6.33 Å². The Kier molecular flexibility index (Phi) is 3.32. The third-order valence-electron chi connectivity index (χ3n) is 2.68. The fourth-order valence-corrected chi connectivity index (χ4v) is 1.77. The van der Waals surface area contributed by atoms with E-state index in [1.54, 1.807) is 20.3 Å². The van der Waals surface area contributed by atoms with E-state index in [9.17, 15) is 0 Å². The molecule has 0 amide bonds. The Balaban J connectivity index is 2.61. The number of hydrogen-bond acceptors (Lipinski definition) is 5. The van der Waals surface area contributed by atoms with E-state index >= 15 is 0 Å². The number of ether oxygens (including phenoxy) is 2. The van der Waals surface area contributed by atoms with Crippen LogP contribution in [0.1, 0.15) is 5.56 Å². The second kappa shape index (κ2) is 4.91. The van der Waals surface area contributed by atoms with Crippen LogP contribution >= 0.6 is 0 Å². The highest BCUT2D eigenvalue weighted by molar-refractivity contribution is 5.71. The number of nitrogens with two attached hydrogens (primary N) is 1. The van der Waals surface area contributed by atoms with Crippen molar-refractivity contribution in [1.29, 1.82) is 0 Å². The standard InChI is InChI=1S/C13H15N3O2/c1-8-4-12(18-3)9(5-11(8)17-2)10-6-13(14)16-7-15-10/h4-7H,1-3H3,(H2,14,15,16). The van der Waals surface area contributed by atoms with Crippen LogP contribution in [0, 0.1) is 6.92 Å². The number of benzene rings is 1. The Bertz CT molecular complexity index is 570. The molecule has 0 radical (unpaired) electrons. The summed E-state index contributed by atoms with van der Waals surface area (Å²) in [7, 11) is 3.25. The minimum atomic E-state index is 0.418. The third kappa shape index (κ3) is 2.20. The zero-order valence-electron chi connectivity index (χ0n) is 10.6. The van der Waals surface area contributed by atoms with Crippen molar-refractivity contribution < 1.29 is 9.47 Å². The minimum Gasteiger partial charge on any atom is -0.496 e. The van der Waals surface area contributed by atoms with Crippen LogP contribution in [0.15, 0.2) is 24.5 Å². The van der Waals surface area contributed by atoms with E-state index in [0.717, 1.165) is 22.6 Å². The Morgan fingerprint density at radius 2 is 1.72 bits per heavy atom. The van der Waals surface area contributed by atoms with Gasteiger partial charge in [-0.2, -0.15) is 0 Å². The molecule has 0 aliphatic rings. The lowest BCUT2D eigenvalue weighted by atomic mass is 10.1. The van der Waals surface area contributed by atoms with Crippen molar-refractivity contribution in [2.45, 2.75) is 6.92 Å². The molecule has 94 valence electrons. The lowest BCUT2D eigenvalue weighted by Crippen LogP contribution is -1.96. The number of nitrogen functional groups attached to an aromatic ring is 1. The highest BCUT2D eigenvalue weighted by Gasteiger charge is 2.12. The van der Waals surface area contributed by atoms with Gasteiger partial charge < -0.3 is 15.2 Å². The molecule has 0 spiro atoms. The van der Waals surface area contributed by atoms with Gasteiger partial charge in [-0.3, -0.25) is 0 Å². The van der Waals surface area contributed by atoms with Gasteiger partial charge in [-0.05, 0) is 24.6 Å². The molecule has 0 fully saturated rings. The summed E-state index contributed by atoms with van der Waals surface area (Å²) in [5.41, 5.74) is 8.20. The Morgan fingerprint density at radius 3 is 2.33 bits per heavy atom. The summed E-state index contributed by atoms with van der Waals surface area (Å²) < 4.78 is 10.7. The lowest BCUT2D eigenvalue weighted by Gasteiger charge is -2.12. The van der Waals surface area contributed by atoms with Crippen LogP contribution in [0.4, 0.5) is 5.82 Å². The molecule has 1 aromatic heterocycles. The number of hydrogen-bond donors (Lipinski definition) is 1. The van der Waals surface area contributed by atoms with E-state index in [4.69, 9.17) is 15.2 Å². The number of aromatic nitrogens is 2. The van der Waals surface area contributed by atoms with Crippen molar-refractivity contribution in [3.63, 3.8) is 0 Å². The van der Waals surface area contributed by atoms with Gasteiger partial charge in [-0.1, -0.05) is 0 Å². The number of methoxy groups -OCH3 is 2. The molecule has 1 heterocycles. The van der Waals surface area contributed by atoms with E-state index in [2.05, 4.69) is 9.97 Å². The first-order valence-electron chi connectivity index (χ1n) is 5.46. The maximum Gasteiger partial charge on any atom is 0.128 e. The molecule has 5 heteroatoms. The highest BCUT2D eigenvalue weighted by Crippen LogP contribution is 2.35. The molecule has 0 atom stereocenters. The summed E-state index contributed by atoms with van der Waals surface area (Å²) in [6, 6.07) is 5.50. The lowest BCUT2D eigenvalue weighted by molar-refractivity contribution is 0.401. The largest absolute Gasteiger partial charge is 0.496 e. The van der Waals surface area contributed by atoms with E-state index in [-0.39, 0.29) is 0 Å². The molecule has 0 aliphatic heterocycles. The molecule has 2 N–H and O–H groups in total. The molecule has 2 rings (SSSR count). The van der Waals surface area contributed by atoms with Crippen molar-refractivity contribution in [3.05, 3.63) is 30.1 Å². The van der Waals surface area contributed by atoms with Gasteiger partial charge in [-0.25, -0.2) is 9.97 Å². The van der Waals surface area contributed by atoms with Gasteiger partial charge in [0.2, 0.25) is 0 Å². The second-order valence-corrected chi connectivity index (χ2v) is 3.85. The highest BCUT2D eigenvalue weighted by atomic mass is 16.5. The molecular weight excluding hydrogens is 230 g/mol. The molecule has 0 saturated heterocycles. The van der Waals surface area contributed by atoms with Crippen LogP contribution in [0.25, 0.3) is 11.3 Å². The molecule has 2 aromatic rings. The van der Waals surface area contributed by atoms with Gasteiger partial charge in [0.1, 0.15) is 23.6 Å². The first-order chi connectivity index (χ1) is 8.65. The minimum absolute atomic E-state index is 0.418. The number of anilines is 1. The van der Waals surface area contributed by atoms with E-state index in [1.807, 2.05) is 19.1 Å². The van der Waals surface area contributed by atoms with Crippen molar-refractivity contribution in [2.75, 3.05) is 20.0 Å². The van der Waals surface area contributed by atoms with Gasteiger partial charge in [0, 0.05) is 11.6 Å². The third-order valence-corrected chi connectivity index (χ3v) is 2.68. The molecular formula is C13H15N3O2. The van der Waals surface area contributed by atoms with E-state index in [0.29, 0.717) is 11.5 Å². The molecule has 0 unspecified atom stereocenters. The number of nitrogens with zero attached hydrogens (tertiary/aromatic N) is 2. The van der Waals surface area contributed by atoms with Crippen molar-refractivity contribution in [3.8, 4) is 22.8 Å². The molecule has 0 saturated carbocycles. The quantitative estimate of drug-likeness (QED) is 0.896. The first-order valence-corrected chi connectivity index (χ1v) is 5.46. The van der Waals surface area contributed by atoms with Gasteiger partial charge in [0.25, 0.3) is 0 Å². The second-order valence-electron chi connectivity index (χ2n) is 3.85. The zero-order chi connectivity index (χ0) is 13.1. The van der Waals surface area contributed by atoms with Crippen LogP contribution in [0.5, 0.6) is 11.5 Å². The van der Waals surface area contributed by atoms with Crippen LogP contribution in [0.3, 0.4) is 0 Å². The summed E-state index contributed by atoms with van der Waals surface area (Å²) in [6.45, 7) is 1.96. The van der Waals surface area contributed by atoms with Crippen LogP contribution in [-0.4, -0.2) is 24.2 Å². The van der Waals surface area contributed by atoms with Crippen molar-refractivity contribution >= 4 is 5.82 Å². The summed E-state index contributed by atoms with van der Waals surface area (Å²) in [4.78, 5) is 8.07. The monoisotopic (exact) mass is 245 g/mol. The van der Waals surface area contributed by atoms with Gasteiger partial charge >= 0.3 is 0 Å². The SMILES string of the molecule is COc1cc(-c2cc(N)ncn2)c(OC)cc1C. The fourth-order valence-electron chi connectivity index (χ4n) is 1.77. The number of rotatable bonds is 3. The molecule has 0 bridgehead atoms. The smallest absolute Gasteiger partial charge is 0.128 e. The Morgan fingerprint density at radius 1 is 1.00 bits per heavy atom. The van der Waals surface area contributed by atoms with Crippen molar-refractivity contribution in [1.82, 2.24) is 9.97 Å². The fraction of sp³-hybridized carbons (Fsp3) is 0.231. The van der Waals surface area contributed by atoms with Crippen LogP contribution in [0.2, 0.25) is 0 Å². The molecule has 18 heavy (non-hydrogen) atoms. The van der Waals surface area contributed by atoms with Crippen molar-refractivity contribution in [2.24, 2.45) is 0 Å². The van der Waals surface area contributed by atoms with E-state index < -0.39 is 0 Å². The van der Waals surface area contributed by atoms with Gasteiger partial charge in [0.15, 0.2) is 0 Å². The first kappa shape index (κ1) is 12.2. The summed E-state index contributed by atoms with van der Waals surface area (Å²) in [5, 5.41) is 0. The maximum absolute atomic E-state index is 5.66. The molecule has 1 aromatic carbocycles. The zero-order valence-corrected chi connectivity index (χ0v) is 10.6. The predicted octanol–water partition coefficient (Wildman–Crippen LogP) is 2.05. The molecule has 5 nitrogen and oxygen atoms in total. The summed E-state index contributed by atoms with van der Waals surface area (Å²) >= 11 is 0. The normalized spacial score (nSPS) is 10.2.